The molecule has 2 heterocycles. The van der Waals surface area contributed by atoms with Crippen molar-refractivity contribution < 1.29 is 13.2 Å². The molecule has 1 aromatic carbocycles. The fraction of sp³-hybridized carbons (Fsp3) is 0.556. The molecule has 0 radical (unpaired) electrons. The van der Waals surface area contributed by atoms with Crippen molar-refractivity contribution in [3.63, 3.8) is 0 Å². The van der Waals surface area contributed by atoms with E-state index in [-0.39, 0.29) is 5.91 Å². The van der Waals surface area contributed by atoms with E-state index in [0.717, 1.165) is 30.4 Å². The molecule has 1 aliphatic carbocycles. The van der Waals surface area contributed by atoms with Crippen LogP contribution in [-0.2, 0) is 14.8 Å². The second-order valence-corrected chi connectivity index (χ2v) is 10.1. The van der Waals surface area contributed by atoms with Gasteiger partial charge in [0, 0.05) is 19.5 Å². The highest BCUT2D eigenvalue weighted by Crippen LogP contribution is 2.31. The molecule has 2 fully saturated rings. The minimum atomic E-state index is -3.43. The predicted molar refractivity (Wildman–Crippen MR) is 103 cm³/mol. The average Bonchev–Trinajstić information content (AvgIpc) is 3.35. The molecule has 1 N–H and O–H groups in total. The molecule has 1 aliphatic heterocycles. The molecule has 1 saturated carbocycles. The van der Waals surface area contributed by atoms with Gasteiger partial charge in [0.2, 0.25) is 15.9 Å². The van der Waals surface area contributed by atoms with Crippen LogP contribution in [0.3, 0.4) is 0 Å². The molecule has 6 nitrogen and oxygen atoms in total. The highest BCUT2D eigenvalue weighted by molar-refractivity contribution is 7.89. The van der Waals surface area contributed by atoms with E-state index in [1.807, 2.05) is 0 Å². The summed E-state index contributed by atoms with van der Waals surface area (Å²) in [4.78, 5) is 16.9. The number of fused-ring (bicyclic) bond motifs is 1. The van der Waals surface area contributed by atoms with E-state index in [4.69, 9.17) is 0 Å². The third kappa shape index (κ3) is 3.63. The van der Waals surface area contributed by atoms with Crippen molar-refractivity contribution in [1.29, 1.82) is 0 Å². The van der Waals surface area contributed by atoms with Gasteiger partial charge in [-0.3, -0.25) is 4.79 Å². The van der Waals surface area contributed by atoms with E-state index >= 15 is 0 Å². The number of nitrogens with zero attached hydrogens (tertiary/aromatic N) is 2. The summed E-state index contributed by atoms with van der Waals surface area (Å²) < 4.78 is 27.7. The van der Waals surface area contributed by atoms with Crippen LogP contribution in [0.1, 0.15) is 44.9 Å². The van der Waals surface area contributed by atoms with Crippen LogP contribution >= 0.6 is 11.3 Å². The molecule has 2 aromatic rings. The zero-order valence-corrected chi connectivity index (χ0v) is 16.2. The van der Waals surface area contributed by atoms with Crippen molar-refractivity contribution in [3.8, 4) is 0 Å². The largest absolute Gasteiger partial charge is 0.302 e. The molecule has 0 spiro atoms. The van der Waals surface area contributed by atoms with Gasteiger partial charge in [-0.1, -0.05) is 24.2 Å². The monoisotopic (exact) mass is 393 g/mol. The van der Waals surface area contributed by atoms with Gasteiger partial charge in [0.05, 0.1) is 15.1 Å². The lowest BCUT2D eigenvalue weighted by molar-refractivity contribution is -0.117. The minimum absolute atomic E-state index is 0.000804. The van der Waals surface area contributed by atoms with Gasteiger partial charge in [-0.15, -0.1) is 0 Å². The molecule has 8 heteroatoms. The molecule has 26 heavy (non-hydrogen) atoms. The third-order valence-corrected chi connectivity index (χ3v) is 8.09. The van der Waals surface area contributed by atoms with Crippen LogP contribution in [0, 0.1) is 5.92 Å². The number of anilines is 1. The number of aromatic nitrogens is 1. The summed E-state index contributed by atoms with van der Waals surface area (Å²) in [6, 6.07) is 5.01. The van der Waals surface area contributed by atoms with Crippen molar-refractivity contribution >= 4 is 42.6 Å². The van der Waals surface area contributed by atoms with E-state index in [2.05, 4.69) is 10.3 Å². The van der Waals surface area contributed by atoms with Crippen LogP contribution in [0.5, 0.6) is 0 Å². The molecule has 140 valence electrons. The summed E-state index contributed by atoms with van der Waals surface area (Å²) in [7, 11) is -3.43. The third-order valence-electron chi connectivity index (χ3n) is 5.26. The molecule has 1 amide bonds. The minimum Gasteiger partial charge on any atom is -0.302 e. The maximum atomic E-state index is 12.7. The molecular formula is C18H23N3O3S2. The number of carbonyl (C=O) groups is 1. The summed E-state index contributed by atoms with van der Waals surface area (Å²) in [6.07, 6.45) is 7.07. The van der Waals surface area contributed by atoms with Crippen LogP contribution in [0.4, 0.5) is 5.13 Å². The first-order valence-corrected chi connectivity index (χ1v) is 11.5. The zero-order chi connectivity index (χ0) is 18.1. The first-order chi connectivity index (χ1) is 12.5. The average molecular weight is 394 g/mol. The molecule has 2 aliphatic rings. The van der Waals surface area contributed by atoms with Crippen molar-refractivity contribution in [2.45, 2.75) is 49.8 Å². The summed E-state index contributed by atoms with van der Waals surface area (Å²) in [6.45, 7) is 1.18. The van der Waals surface area contributed by atoms with Gasteiger partial charge in [0.15, 0.2) is 5.13 Å². The number of sulfonamides is 1. The zero-order valence-electron chi connectivity index (χ0n) is 14.6. The van der Waals surface area contributed by atoms with Gasteiger partial charge in [-0.05, 0) is 49.8 Å². The number of amides is 1. The molecule has 1 aromatic heterocycles. The van der Waals surface area contributed by atoms with E-state index in [1.165, 1.54) is 24.2 Å². The number of nitrogens with one attached hydrogen (secondary N) is 1. The fourth-order valence-electron chi connectivity index (χ4n) is 3.84. The summed E-state index contributed by atoms with van der Waals surface area (Å²) >= 11 is 1.33. The number of rotatable bonds is 5. The Morgan fingerprint density at radius 2 is 1.92 bits per heavy atom. The van der Waals surface area contributed by atoms with E-state index < -0.39 is 10.0 Å². The second-order valence-electron chi connectivity index (χ2n) is 7.16. The van der Waals surface area contributed by atoms with Crippen LogP contribution in [0.2, 0.25) is 0 Å². The lowest BCUT2D eigenvalue weighted by Crippen LogP contribution is -2.27. The van der Waals surface area contributed by atoms with Gasteiger partial charge < -0.3 is 5.32 Å². The van der Waals surface area contributed by atoms with Crippen LogP contribution in [0.15, 0.2) is 23.1 Å². The molecule has 0 bridgehead atoms. The van der Waals surface area contributed by atoms with Crippen LogP contribution < -0.4 is 5.32 Å². The summed E-state index contributed by atoms with van der Waals surface area (Å²) in [5.41, 5.74) is 0.714. The second kappa shape index (κ2) is 7.25. The van der Waals surface area contributed by atoms with E-state index in [1.54, 1.807) is 22.5 Å². The maximum Gasteiger partial charge on any atom is 0.243 e. The number of carbonyl (C=O) groups excluding carboxylic acids is 1. The molecule has 0 unspecified atom stereocenters. The SMILES string of the molecule is O=C(CC1CCCC1)Nc1nc2ccc(S(=O)(=O)N3CCCC3)cc2s1. The highest BCUT2D eigenvalue weighted by atomic mass is 32.2. The Morgan fingerprint density at radius 3 is 2.65 bits per heavy atom. The first kappa shape index (κ1) is 17.9. The Labute approximate surface area is 157 Å². The molecule has 4 rings (SSSR count). The van der Waals surface area contributed by atoms with Crippen LogP contribution in [0.25, 0.3) is 10.2 Å². The highest BCUT2D eigenvalue weighted by Gasteiger charge is 2.27. The number of thiazole rings is 1. The fourth-order valence-corrected chi connectivity index (χ4v) is 6.38. The van der Waals surface area contributed by atoms with Crippen molar-refractivity contribution in [2.24, 2.45) is 5.92 Å². The van der Waals surface area contributed by atoms with Crippen molar-refractivity contribution in [3.05, 3.63) is 18.2 Å². The van der Waals surface area contributed by atoms with Crippen molar-refractivity contribution in [1.82, 2.24) is 9.29 Å². The van der Waals surface area contributed by atoms with Gasteiger partial charge in [-0.2, -0.15) is 4.31 Å². The van der Waals surface area contributed by atoms with Gasteiger partial charge >= 0.3 is 0 Å². The van der Waals surface area contributed by atoms with E-state index in [9.17, 15) is 13.2 Å². The van der Waals surface area contributed by atoms with Gasteiger partial charge in [0.25, 0.3) is 0 Å². The molecule has 0 atom stereocenters. The molecular weight excluding hydrogens is 370 g/mol. The summed E-state index contributed by atoms with van der Waals surface area (Å²) in [5.74, 6) is 0.488. The molecule has 1 saturated heterocycles. The van der Waals surface area contributed by atoms with Crippen molar-refractivity contribution in [2.75, 3.05) is 18.4 Å². The lowest BCUT2D eigenvalue weighted by Gasteiger charge is -2.15. The summed E-state index contributed by atoms with van der Waals surface area (Å²) in [5, 5.41) is 3.42. The normalized spacial score (nSPS) is 19.4. The predicted octanol–water partition coefficient (Wildman–Crippen LogP) is 3.60. The Kier molecular flexibility index (Phi) is 4.98. The van der Waals surface area contributed by atoms with E-state index in [0.29, 0.717) is 41.0 Å². The lowest BCUT2D eigenvalue weighted by atomic mass is 10.0. The topological polar surface area (TPSA) is 79.4 Å². The van der Waals surface area contributed by atoms with Gasteiger partial charge in [-0.25, -0.2) is 13.4 Å². The Bertz CT molecular complexity index is 911. The first-order valence-electron chi connectivity index (χ1n) is 9.23. The Hall–Kier alpha value is -1.51. The Balaban J connectivity index is 1.51. The standard InChI is InChI=1S/C18H23N3O3S2/c22-17(11-13-5-1-2-6-13)20-18-19-15-8-7-14(12-16(15)25-18)26(23,24)21-9-3-4-10-21/h7-8,12-13H,1-6,9-11H2,(H,19,20,22). The number of hydrogen-bond donors (Lipinski definition) is 1. The Morgan fingerprint density at radius 1 is 1.19 bits per heavy atom. The van der Waals surface area contributed by atoms with Gasteiger partial charge in [0.1, 0.15) is 0 Å². The number of benzene rings is 1. The van der Waals surface area contributed by atoms with Crippen LogP contribution in [-0.4, -0.2) is 36.7 Å². The number of hydrogen-bond acceptors (Lipinski definition) is 5. The maximum absolute atomic E-state index is 12.7. The quantitative estimate of drug-likeness (QED) is 0.842. The smallest absolute Gasteiger partial charge is 0.243 e.